The predicted molar refractivity (Wildman–Crippen MR) is 104 cm³/mol. The molecule has 0 spiro atoms. The van der Waals surface area contributed by atoms with Gasteiger partial charge in [-0.05, 0) is 43.2 Å². The molecule has 2 aromatic carbocycles. The smallest absolute Gasteiger partial charge is 0.337 e. The first-order valence-corrected chi connectivity index (χ1v) is 10.2. The molecule has 2 aromatic rings. The molecule has 5 nitrogen and oxygen atoms in total. The molecule has 1 heterocycles. The molecule has 3 rings (SSSR count). The molecule has 1 atom stereocenters. The monoisotopic (exact) mass is 385 g/mol. The molecule has 0 radical (unpaired) electrons. The van der Waals surface area contributed by atoms with Crippen LogP contribution in [0.3, 0.4) is 0 Å². The Balaban J connectivity index is 1.75. The van der Waals surface area contributed by atoms with Crippen molar-refractivity contribution in [3.05, 3.63) is 77.4 Å². The van der Waals surface area contributed by atoms with E-state index in [1.165, 1.54) is 11.4 Å². The molecule has 0 aliphatic carbocycles. The number of carbonyl (C=O) groups is 1. The number of carbonyl (C=O) groups excluding carboxylic acids is 1. The van der Waals surface area contributed by atoms with Gasteiger partial charge in [-0.3, -0.25) is 0 Å². The molecule has 0 bridgehead atoms. The zero-order valence-electron chi connectivity index (χ0n) is 15.5. The summed E-state index contributed by atoms with van der Waals surface area (Å²) in [6.07, 6.45) is 0.654. The highest BCUT2D eigenvalue weighted by atomic mass is 32.2. The van der Waals surface area contributed by atoms with Crippen molar-refractivity contribution in [2.45, 2.75) is 24.2 Å². The van der Waals surface area contributed by atoms with Crippen LogP contribution in [0.4, 0.5) is 0 Å². The molecule has 1 aliphatic rings. The van der Waals surface area contributed by atoms with Crippen molar-refractivity contribution in [1.29, 1.82) is 0 Å². The zero-order valence-corrected chi connectivity index (χ0v) is 16.3. The van der Waals surface area contributed by atoms with E-state index in [-0.39, 0.29) is 11.9 Å². The minimum Gasteiger partial charge on any atom is -0.465 e. The fourth-order valence-electron chi connectivity index (χ4n) is 3.33. The minimum atomic E-state index is -3.53. The van der Waals surface area contributed by atoms with E-state index >= 15 is 0 Å². The van der Waals surface area contributed by atoms with Crippen LogP contribution in [0.2, 0.25) is 0 Å². The number of hydrogen-bond acceptors (Lipinski definition) is 4. The molecule has 0 N–H and O–H groups in total. The lowest BCUT2D eigenvalue weighted by Crippen LogP contribution is -2.39. The number of nitrogens with zero attached hydrogens (tertiary/aromatic N) is 1. The van der Waals surface area contributed by atoms with Gasteiger partial charge in [0.1, 0.15) is 0 Å². The minimum absolute atomic E-state index is 0.0705. The summed E-state index contributed by atoms with van der Waals surface area (Å²) in [7, 11) is -2.18. The highest BCUT2D eigenvalue weighted by Crippen LogP contribution is 2.34. The molecule has 27 heavy (non-hydrogen) atoms. The van der Waals surface area contributed by atoms with Crippen LogP contribution in [0.1, 0.15) is 33.8 Å². The average molecular weight is 385 g/mol. The number of ether oxygens (including phenoxy) is 1. The van der Waals surface area contributed by atoms with Gasteiger partial charge in [-0.25, -0.2) is 13.2 Å². The number of benzene rings is 2. The van der Waals surface area contributed by atoms with Crippen molar-refractivity contribution in [1.82, 2.24) is 4.31 Å². The van der Waals surface area contributed by atoms with E-state index in [1.807, 2.05) is 19.1 Å². The Kier molecular flexibility index (Phi) is 5.48. The quantitative estimate of drug-likeness (QED) is 0.597. The van der Waals surface area contributed by atoms with Gasteiger partial charge in [-0.15, -0.1) is 0 Å². The molecule has 6 heteroatoms. The van der Waals surface area contributed by atoms with Crippen molar-refractivity contribution >= 4 is 16.0 Å². The van der Waals surface area contributed by atoms with Gasteiger partial charge in [0.15, 0.2) is 0 Å². The van der Waals surface area contributed by atoms with E-state index in [0.717, 1.165) is 16.7 Å². The van der Waals surface area contributed by atoms with Gasteiger partial charge in [0.05, 0.1) is 17.6 Å². The number of rotatable bonds is 4. The van der Waals surface area contributed by atoms with Crippen LogP contribution in [0.5, 0.6) is 0 Å². The van der Waals surface area contributed by atoms with Crippen molar-refractivity contribution in [3.63, 3.8) is 0 Å². The summed E-state index contributed by atoms with van der Waals surface area (Å²) >= 11 is 0. The lowest BCUT2D eigenvalue weighted by Gasteiger charge is -2.33. The molecular formula is C21H23NO4S. The van der Waals surface area contributed by atoms with E-state index in [2.05, 4.69) is 6.58 Å². The number of aryl methyl sites for hydroxylation is 1. The second-order valence-corrected chi connectivity index (χ2v) is 8.70. The Morgan fingerprint density at radius 2 is 1.74 bits per heavy atom. The average Bonchev–Trinajstić information content (AvgIpc) is 2.68. The maximum absolute atomic E-state index is 12.9. The summed E-state index contributed by atoms with van der Waals surface area (Å²) in [5.74, 6) is -0.305. The summed E-state index contributed by atoms with van der Waals surface area (Å²) in [4.78, 5) is 11.9. The molecule has 1 aliphatic heterocycles. The topological polar surface area (TPSA) is 63.7 Å². The summed E-state index contributed by atoms with van der Waals surface area (Å²) in [5.41, 5.74) is 3.39. The Morgan fingerprint density at radius 3 is 2.30 bits per heavy atom. The predicted octanol–water partition coefficient (Wildman–Crippen LogP) is 3.52. The number of sulfonamides is 1. The fraction of sp³-hybridized carbons (Fsp3) is 0.286. The Bertz CT molecular complexity index is 947. The summed E-state index contributed by atoms with van der Waals surface area (Å²) in [6, 6.07) is 14.1. The van der Waals surface area contributed by atoms with Crippen LogP contribution in [0.15, 0.2) is 65.6 Å². The van der Waals surface area contributed by atoms with E-state index in [9.17, 15) is 13.2 Å². The van der Waals surface area contributed by atoms with Crippen LogP contribution >= 0.6 is 0 Å². The molecule has 0 unspecified atom stereocenters. The number of esters is 1. The Hall–Kier alpha value is -2.44. The lowest BCUT2D eigenvalue weighted by molar-refractivity contribution is 0.0600. The van der Waals surface area contributed by atoms with E-state index in [1.54, 1.807) is 36.4 Å². The first-order valence-electron chi connectivity index (χ1n) is 8.75. The number of methoxy groups -OCH3 is 1. The summed E-state index contributed by atoms with van der Waals surface area (Å²) in [6.45, 7) is 6.77. The molecule has 0 amide bonds. The van der Waals surface area contributed by atoms with Gasteiger partial charge < -0.3 is 4.74 Å². The van der Waals surface area contributed by atoms with Gasteiger partial charge in [0, 0.05) is 19.0 Å². The third-order valence-electron chi connectivity index (χ3n) is 4.93. The largest absolute Gasteiger partial charge is 0.465 e. The van der Waals surface area contributed by atoms with Gasteiger partial charge in [0.25, 0.3) is 0 Å². The lowest BCUT2D eigenvalue weighted by atomic mass is 9.86. The third kappa shape index (κ3) is 3.96. The molecule has 0 saturated carbocycles. The van der Waals surface area contributed by atoms with Gasteiger partial charge in [-0.1, -0.05) is 42.0 Å². The molecule has 142 valence electrons. The van der Waals surface area contributed by atoms with Crippen LogP contribution in [-0.4, -0.2) is 38.9 Å². The number of piperidine rings is 1. The standard InChI is InChI=1S/C21H23NO4S/c1-15-4-10-19(11-5-15)27(24,25)22-13-12-20(16(2)14-22)17-6-8-18(9-7-17)21(23)26-3/h4-11,20H,2,12-14H2,1,3H3/t20-/m0/s1. The SMILES string of the molecule is C=C1CN(S(=O)(=O)c2ccc(C)cc2)CC[C@@H]1c1ccc(C(=O)OC)cc1. The van der Waals surface area contributed by atoms with Crippen molar-refractivity contribution < 1.29 is 17.9 Å². The summed E-state index contributed by atoms with van der Waals surface area (Å²) < 4.78 is 31.9. The second-order valence-electron chi connectivity index (χ2n) is 6.76. The van der Waals surface area contributed by atoms with Crippen LogP contribution in [0, 0.1) is 6.92 Å². The Morgan fingerprint density at radius 1 is 1.11 bits per heavy atom. The molecular weight excluding hydrogens is 362 g/mol. The van der Waals surface area contributed by atoms with E-state index in [4.69, 9.17) is 4.74 Å². The molecule has 1 saturated heterocycles. The maximum Gasteiger partial charge on any atom is 0.337 e. The third-order valence-corrected chi connectivity index (χ3v) is 6.79. The van der Waals surface area contributed by atoms with Crippen LogP contribution < -0.4 is 0 Å². The van der Waals surface area contributed by atoms with Crippen molar-refractivity contribution in [2.24, 2.45) is 0 Å². The first kappa shape index (κ1) is 19.3. The molecule has 1 fully saturated rings. The van der Waals surface area contributed by atoms with Crippen molar-refractivity contribution in [3.8, 4) is 0 Å². The fourth-order valence-corrected chi connectivity index (χ4v) is 4.79. The van der Waals surface area contributed by atoms with Gasteiger partial charge in [-0.2, -0.15) is 4.31 Å². The van der Waals surface area contributed by atoms with Crippen LogP contribution in [0.25, 0.3) is 0 Å². The van der Waals surface area contributed by atoms with E-state index < -0.39 is 10.0 Å². The molecule has 0 aromatic heterocycles. The highest BCUT2D eigenvalue weighted by molar-refractivity contribution is 7.89. The van der Waals surface area contributed by atoms with Gasteiger partial charge in [0.2, 0.25) is 10.0 Å². The zero-order chi connectivity index (χ0) is 19.6. The van der Waals surface area contributed by atoms with Crippen LogP contribution in [-0.2, 0) is 14.8 Å². The summed E-state index contributed by atoms with van der Waals surface area (Å²) in [5, 5.41) is 0. The highest BCUT2D eigenvalue weighted by Gasteiger charge is 2.32. The van der Waals surface area contributed by atoms with Gasteiger partial charge >= 0.3 is 5.97 Å². The first-order chi connectivity index (χ1) is 12.8. The maximum atomic E-state index is 12.9. The second kappa shape index (κ2) is 7.66. The normalized spacial score (nSPS) is 18.3. The Labute approximate surface area is 160 Å². The van der Waals surface area contributed by atoms with Crippen molar-refractivity contribution in [2.75, 3.05) is 20.2 Å². The number of hydrogen-bond donors (Lipinski definition) is 0. The van der Waals surface area contributed by atoms with E-state index in [0.29, 0.717) is 30.0 Å².